The number of benzene rings is 1. The number of rotatable bonds is 2. The first-order valence-corrected chi connectivity index (χ1v) is 2.96. The number of nitro groups is 1. The van der Waals surface area contributed by atoms with E-state index in [1.165, 1.54) is 0 Å². The molecule has 1 N–H and O–H groups in total. The first kappa shape index (κ1) is 8.12. The van der Waals surface area contributed by atoms with Crippen LogP contribution in [0.3, 0.4) is 0 Å². The SMILES string of the molecule is O=Nc1ccc([N+](=O)[O-])cc1O. The Morgan fingerprint density at radius 3 is 2.58 bits per heavy atom. The van der Waals surface area contributed by atoms with Crippen LogP contribution in [0, 0.1) is 15.0 Å². The Bertz CT molecular complexity index is 336. The van der Waals surface area contributed by atoms with Gasteiger partial charge in [0.05, 0.1) is 11.0 Å². The first-order chi connectivity index (χ1) is 5.65. The summed E-state index contributed by atoms with van der Waals surface area (Å²) in [7, 11) is 0. The Kier molecular flexibility index (Phi) is 2.00. The van der Waals surface area contributed by atoms with Gasteiger partial charge in [0.2, 0.25) is 0 Å². The van der Waals surface area contributed by atoms with E-state index in [0.29, 0.717) is 0 Å². The zero-order chi connectivity index (χ0) is 9.14. The van der Waals surface area contributed by atoms with Crippen LogP contribution in [-0.2, 0) is 0 Å². The largest absolute Gasteiger partial charge is 0.505 e. The summed E-state index contributed by atoms with van der Waals surface area (Å²) in [4.78, 5) is 19.4. The molecule has 0 aromatic heterocycles. The molecule has 0 atom stereocenters. The van der Waals surface area contributed by atoms with E-state index in [4.69, 9.17) is 5.11 Å². The standard InChI is InChI=1S/C6H4N2O4/c9-6-3-4(8(11)12)1-2-5(6)7-10/h1-3,9H. The van der Waals surface area contributed by atoms with Gasteiger partial charge < -0.3 is 5.11 Å². The maximum Gasteiger partial charge on any atom is 0.273 e. The normalized spacial score (nSPS) is 9.33. The lowest BCUT2D eigenvalue weighted by molar-refractivity contribution is -0.384. The predicted octanol–water partition coefficient (Wildman–Crippen LogP) is 1.70. The molecule has 6 heteroatoms. The van der Waals surface area contributed by atoms with Crippen LogP contribution in [-0.4, -0.2) is 10.0 Å². The summed E-state index contributed by atoms with van der Waals surface area (Å²) in [5.41, 5.74) is -0.486. The minimum Gasteiger partial charge on any atom is -0.505 e. The van der Waals surface area contributed by atoms with Crippen LogP contribution in [0.15, 0.2) is 23.4 Å². The van der Waals surface area contributed by atoms with Gasteiger partial charge in [0.15, 0.2) is 5.75 Å². The van der Waals surface area contributed by atoms with Crippen molar-refractivity contribution >= 4 is 11.4 Å². The molecule has 0 saturated carbocycles. The maximum absolute atomic E-state index is 10.1. The molecule has 62 valence electrons. The van der Waals surface area contributed by atoms with Crippen molar-refractivity contribution in [2.75, 3.05) is 0 Å². The lowest BCUT2D eigenvalue weighted by atomic mass is 10.2. The van der Waals surface area contributed by atoms with Crippen LogP contribution < -0.4 is 0 Å². The zero-order valence-corrected chi connectivity index (χ0v) is 5.80. The van der Waals surface area contributed by atoms with Crippen molar-refractivity contribution in [2.45, 2.75) is 0 Å². The van der Waals surface area contributed by atoms with Gasteiger partial charge in [-0.3, -0.25) is 10.1 Å². The van der Waals surface area contributed by atoms with E-state index in [-0.39, 0.29) is 11.4 Å². The summed E-state index contributed by atoms with van der Waals surface area (Å²) in [5, 5.41) is 21.5. The van der Waals surface area contributed by atoms with Crippen molar-refractivity contribution in [3.05, 3.63) is 33.2 Å². The second-order valence-electron chi connectivity index (χ2n) is 2.02. The van der Waals surface area contributed by atoms with Crippen molar-refractivity contribution in [1.29, 1.82) is 0 Å². The summed E-state index contributed by atoms with van der Waals surface area (Å²) >= 11 is 0. The van der Waals surface area contributed by atoms with Gasteiger partial charge >= 0.3 is 0 Å². The minimum absolute atomic E-state index is 0.208. The quantitative estimate of drug-likeness (QED) is 0.413. The Hall–Kier alpha value is -1.98. The van der Waals surface area contributed by atoms with E-state index in [2.05, 4.69) is 5.18 Å². The average Bonchev–Trinajstić information content (AvgIpc) is 2.04. The van der Waals surface area contributed by atoms with Crippen molar-refractivity contribution in [3.63, 3.8) is 0 Å². The smallest absolute Gasteiger partial charge is 0.273 e. The molecule has 0 aliphatic rings. The molecule has 0 amide bonds. The molecule has 0 heterocycles. The van der Waals surface area contributed by atoms with E-state index in [9.17, 15) is 15.0 Å². The topological polar surface area (TPSA) is 92.8 Å². The molecule has 1 aromatic rings. The molecule has 0 fully saturated rings. The molecular formula is C6H4N2O4. The highest BCUT2D eigenvalue weighted by Gasteiger charge is 2.09. The minimum atomic E-state index is -0.672. The highest BCUT2D eigenvalue weighted by Crippen LogP contribution is 2.29. The molecule has 0 aliphatic heterocycles. The van der Waals surface area contributed by atoms with Gasteiger partial charge in [-0.25, -0.2) is 0 Å². The number of nitro benzene ring substituents is 1. The first-order valence-electron chi connectivity index (χ1n) is 2.96. The third-order valence-electron chi connectivity index (χ3n) is 1.27. The van der Waals surface area contributed by atoms with Crippen molar-refractivity contribution < 1.29 is 10.0 Å². The highest BCUT2D eigenvalue weighted by molar-refractivity contribution is 5.55. The van der Waals surface area contributed by atoms with E-state index < -0.39 is 10.7 Å². The number of nitrogens with zero attached hydrogens (tertiary/aromatic N) is 2. The van der Waals surface area contributed by atoms with Crippen LogP contribution in [0.25, 0.3) is 0 Å². The lowest BCUT2D eigenvalue weighted by Crippen LogP contribution is -1.86. The van der Waals surface area contributed by atoms with E-state index >= 15 is 0 Å². The number of phenols is 1. The van der Waals surface area contributed by atoms with Crippen LogP contribution in [0.5, 0.6) is 5.75 Å². The van der Waals surface area contributed by atoms with Gasteiger partial charge in [-0.15, -0.1) is 4.91 Å². The fraction of sp³-hybridized carbons (Fsp3) is 0. The van der Waals surface area contributed by atoms with E-state index in [1.807, 2.05) is 0 Å². The third kappa shape index (κ3) is 1.36. The molecule has 12 heavy (non-hydrogen) atoms. The average molecular weight is 168 g/mol. The van der Waals surface area contributed by atoms with Gasteiger partial charge in [0, 0.05) is 6.07 Å². The van der Waals surface area contributed by atoms with Gasteiger partial charge in [-0.05, 0) is 11.2 Å². The predicted molar refractivity (Wildman–Crippen MR) is 40.2 cm³/mol. The number of hydrogen-bond donors (Lipinski definition) is 1. The van der Waals surface area contributed by atoms with Crippen molar-refractivity contribution in [2.24, 2.45) is 5.18 Å². The lowest BCUT2D eigenvalue weighted by Gasteiger charge is -1.94. The molecule has 6 nitrogen and oxygen atoms in total. The highest BCUT2D eigenvalue weighted by atomic mass is 16.6. The summed E-state index contributed by atoms with van der Waals surface area (Å²) in [6.07, 6.45) is 0. The number of hydrogen-bond acceptors (Lipinski definition) is 5. The van der Waals surface area contributed by atoms with Crippen molar-refractivity contribution in [1.82, 2.24) is 0 Å². The molecular weight excluding hydrogens is 164 g/mol. The summed E-state index contributed by atoms with van der Waals surface area (Å²) in [5.74, 6) is -0.487. The Morgan fingerprint density at radius 2 is 2.17 bits per heavy atom. The number of phenolic OH excluding ortho intramolecular Hbond substituents is 1. The van der Waals surface area contributed by atoms with Gasteiger partial charge in [-0.2, -0.15) is 0 Å². The summed E-state index contributed by atoms with van der Waals surface area (Å²) in [6.45, 7) is 0. The van der Waals surface area contributed by atoms with Gasteiger partial charge in [0.1, 0.15) is 5.69 Å². The number of aromatic hydroxyl groups is 1. The van der Waals surface area contributed by atoms with E-state index in [1.54, 1.807) is 0 Å². The van der Waals surface area contributed by atoms with E-state index in [0.717, 1.165) is 18.2 Å². The molecule has 1 aromatic carbocycles. The molecule has 0 saturated heterocycles. The van der Waals surface area contributed by atoms with Crippen LogP contribution in [0.4, 0.5) is 11.4 Å². The molecule has 1 rings (SSSR count). The van der Waals surface area contributed by atoms with Gasteiger partial charge in [0.25, 0.3) is 5.69 Å². The fourth-order valence-corrected chi connectivity index (χ4v) is 0.703. The third-order valence-corrected chi connectivity index (χ3v) is 1.27. The van der Waals surface area contributed by atoms with Gasteiger partial charge in [-0.1, -0.05) is 0 Å². The monoisotopic (exact) mass is 168 g/mol. The van der Waals surface area contributed by atoms with Crippen LogP contribution in [0.2, 0.25) is 0 Å². The fourth-order valence-electron chi connectivity index (χ4n) is 0.703. The van der Waals surface area contributed by atoms with Crippen LogP contribution >= 0.6 is 0 Å². The summed E-state index contributed by atoms with van der Waals surface area (Å²) < 4.78 is 0. The molecule has 0 aliphatic carbocycles. The van der Waals surface area contributed by atoms with Crippen LogP contribution in [0.1, 0.15) is 0 Å². The number of non-ortho nitro benzene ring substituents is 1. The molecule has 0 unspecified atom stereocenters. The Labute approximate surface area is 66.6 Å². The zero-order valence-electron chi connectivity index (χ0n) is 5.80. The second kappa shape index (κ2) is 2.95. The molecule has 0 spiro atoms. The maximum atomic E-state index is 10.1. The summed E-state index contributed by atoms with van der Waals surface area (Å²) in [6, 6.07) is 3.05. The van der Waals surface area contributed by atoms with Crippen molar-refractivity contribution in [3.8, 4) is 5.75 Å². The molecule has 0 bridgehead atoms. The molecule has 0 radical (unpaired) electrons. The Morgan fingerprint density at radius 1 is 1.50 bits per heavy atom. The number of nitroso groups, excluding NO2 is 1. The Balaban J connectivity index is 3.18. The second-order valence-corrected chi connectivity index (χ2v) is 2.02.